The summed E-state index contributed by atoms with van der Waals surface area (Å²) >= 11 is 0. The van der Waals surface area contributed by atoms with Crippen LogP contribution in [0.5, 0.6) is 0 Å². The van der Waals surface area contributed by atoms with Crippen LogP contribution in [-0.2, 0) is 4.79 Å². The van der Waals surface area contributed by atoms with Gasteiger partial charge in [-0.3, -0.25) is 4.79 Å². The average Bonchev–Trinajstić information content (AvgIpc) is 3.00. The first-order valence-electron chi connectivity index (χ1n) is 10.5. The molecule has 0 amide bonds. The Labute approximate surface area is 157 Å². The van der Waals surface area contributed by atoms with Crippen molar-refractivity contribution in [3.8, 4) is 0 Å². The van der Waals surface area contributed by atoms with Gasteiger partial charge >= 0.3 is 0 Å². The molecule has 0 radical (unpaired) electrons. The molecule has 1 nitrogen and oxygen atoms in total. The van der Waals surface area contributed by atoms with Gasteiger partial charge in [0.2, 0.25) is 0 Å². The highest BCUT2D eigenvalue weighted by atomic mass is 16.1. The Kier molecular flexibility index (Phi) is 3.61. The summed E-state index contributed by atoms with van der Waals surface area (Å²) in [7, 11) is 0. The first-order valence-corrected chi connectivity index (χ1v) is 10.5. The summed E-state index contributed by atoms with van der Waals surface area (Å²) in [6.45, 7) is 5.02. The van der Waals surface area contributed by atoms with E-state index < -0.39 is 0 Å². The van der Waals surface area contributed by atoms with E-state index in [1.54, 1.807) is 5.57 Å². The van der Waals surface area contributed by atoms with Gasteiger partial charge in [-0.1, -0.05) is 55.8 Å². The topological polar surface area (TPSA) is 17.1 Å². The number of allylic oxidation sites excluding steroid dienone is 4. The van der Waals surface area contributed by atoms with Crippen molar-refractivity contribution in [1.82, 2.24) is 0 Å². The highest BCUT2D eigenvalue weighted by Crippen LogP contribution is 2.66. The molecule has 4 aliphatic carbocycles. The van der Waals surface area contributed by atoms with Gasteiger partial charge in [-0.05, 0) is 84.3 Å². The number of ketones is 1. The van der Waals surface area contributed by atoms with Gasteiger partial charge in [-0.15, -0.1) is 0 Å². The Morgan fingerprint density at radius 2 is 1.73 bits per heavy atom. The standard InChI is InChI=1S/C25H30O/c1-24-14-12-19(26)16-18(24)8-9-20-22-11-10-21(17-6-4-3-5-7-17)25(22,2)15-13-23(20)24/h3-7,10,16,20,22-23H,8-9,11-15H2,1-2H3/t20?,22?,23?,24-,25+/m0/s1. The first kappa shape index (κ1) is 16.5. The second-order valence-electron chi connectivity index (χ2n) is 9.64. The van der Waals surface area contributed by atoms with E-state index in [0.29, 0.717) is 11.2 Å². The van der Waals surface area contributed by atoms with Gasteiger partial charge in [-0.25, -0.2) is 0 Å². The van der Waals surface area contributed by atoms with Crippen LogP contribution in [0.15, 0.2) is 48.1 Å². The van der Waals surface area contributed by atoms with Crippen molar-refractivity contribution in [2.45, 2.75) is 58.8 Å². The van der Waals surface area contributed by atoms with E-state index in [1.165, 1.54) is 36.8 Å². The lowest BCUT2D eigenvalue weighted by Gasteiger charge is -2.58. The highest BCUT2D eigenvalue weighted by Gasteiger charge is 2.57. The molecule has 0 saturated heterocycles. The van der Waals surface area contributed by atoms with Crippen LogP contribution in [-0.4, -0.2) is 5.78 Å². The van der Waals surface area contributed by atoms with E-state index in [1.807, 2.05) is 6.08 Å². The quantitative estimate of drug-likeness (QED) is 0.590. The summed E-state index contributed by atoms with van der Waals surface area (Å²) in [6, 6.07) is 11.1. The van der Waals surface area contributed by atoms with Gasteiger partial charge in [0, 0.05) is 6.42 Å². The molecule has 0 aromatic heterocycles. The zero-order valence-electron chi connectivity index (χ0n) is 16.1. The smallest absolute Gasteiger partial charge is 0.155 e. The Balaban J connectivity index is 1.48. The predicted octanol–water partition coefficient (Wildman–Crippen LogP) is 6.21. The molecule has 0 N–H and O–H groups in total. The van der Waals surface area contributed by atoms with Crippen LogP contribution in [0.25, 0.3) is 5.57 Å². The summed E-state index contributed by atoms with van der Waals surface area (Å²) in [5.74, 6) is 2.75. The Morgan fingerprint density at radius 1 is 0.923 bits per heavy atom. The molecule has 2 saturated carbocycles. The van der Waals surface area contributed by atoms with Gasteiger partial charge < -0.3 is 0 Å². The van der Waals surface area contributed by atoms with Gasteiger partial charge in [0.05, 0.1) is 0 Å². The maximum atomic E-state index is 12.0. The fourth-order valence-electron chi connectivity index (χ4n) is 7.19. The third-order valence-electron chi connectivity index (χ3n) is 8.63. The van der Waals surface area contributed by atoms with Gasteiger partial charge in [-0.2, -0.15) is 0 Å². The molecule has 5 atom stereocenters. The van der Waals surface area contributed by atoms with E-state index in [2.05, 4.69) is 50.3 Å². The third-order valence-corrected chi connectivity index (χ3v) is 8.63. The molecule has 136 valence electrons. The van der Waals surface area contributed by atoms with Crippen molar-refractivity contribution in [3.05, 3.63) is 53.6 Å². The fourth-order valence-corrected chi connectivity index (χ4v) is 7.19. The number of benzene rings is 1. The van der Waals surface area contributed by atoms with Gasteiger partial charge in [0.15, 0.2) is 5.78 Å². The van der Waals surface area contributed by atoms with Crippen LogP contribution in [0, 0.1) is 28.6 Å². The number of hydrogen-bond acceptors (Lipinski definition) is 1. The SMILES string of the molecule is C[C@]12CCC(=O)C=C1CCC1C2CC[C@]2(C)C(c3ccccc3)=CCC12. The Bertz CT molecular complexity index is 801. The van der Waals surface area contributed by atoms with Crippen LogP contribution in [0.4, 0.5) is 0 Å². The zero-order chi connectivity index (χ0) is 17.9. The number of carbonyl (C=O) groups is 1. The van der Waals surface area contributed by atoms with Gasteiger partial charge in [0.25, 0.3) is 0 Å². The molecule has 2 fully saturated rings. The lowest BCUT2D eigenvalue weighted by molar-refractivity contribution is -0.117. The normalized spacial score (nSPS) is 41.6. The maximum Gasteiger partial charge on any atom is 0.155 e. The summed E-state index contributed by atoms with van der Waals surface area (Å²) in [5, 5.41) is 0. The Hall–Kier alpha value is -1.63. The van der Waals surface area contributed by atoms with E-state index in [-0.39, 0.29) is 5.41 Å². The van der Waals surface area contributed by atoms with E-state index >= 15 is 0 Å². The molecule has 0 bridgehead atoms. The molecule has 0 heterocycles. The molecule has 26 heavy (non-hydrogen) atoms. The predicted molar refractivity (Wildman–Crippen MR) is 107 cm³/mol. The second-order valence-corrected chi connectivity index (χ2v) is 9.64. The monoisotopic (exact) mass is 346 g/mol. The summed E-state index contributed by atoms with van der Waals surface area (Å²) < 4.78 is 0. The molecule has 1 aromatic carbocycles. The molecule has 4 aliphatic rings. The molecule has 1 aromatic rings. The number of rotatable bonds is 1. The van der Waals surface area contributed by atoms with Crippen LogP contribution in [0.1, 0.15) is 64.4 Å². The van der Waals surface area contributed by atoms with Crippen LogP contribution >= 0.6 is 0 Å². The van der Waals surface area contributed by atoms with E-state index in [0.717, 1.165) is 37.0 Å². The zero-order valence-corrected chi connectivity index (χ0v) is 16.1. The van der Waals surface area contributed by atoms with Crippen molar-refractivity contribution in [2.24, 2.45) is 28.6 Å². The first-order chi connectivity index (χ1) is 12.5. The van der Waals surface area contributed by atoms with Crippen molar-refractivity contribution < 1.29 is 4.79 Å². The van der Waals surface area contributed by atoms with Crippen LogP contribution < -0.4 is 0 Å². The van der Waals surface area contributed by atoms with E-state index in [9.17, 15) is 4.79 Å². The second kappa shape index (κ2) is 5.68. The number of carbonyl (C=O) groups excluding carboxylic acids is 1. The largest absolute Gasteiger partial charge is 0.295 e. The fraction of sp³-hybridized carbons (Fsp3) is 0.560. The minimum Gasteiger partial charge on any atom is -0.295 e. The van der Waals surface area contributed by atoms with Crippen molar-refractivity contribution in [2.75, 3.05) is 0 Å². The summed E-state index contributed by atoms with van der Waals surface area (Å²) in [4.78, 5) is 12.0. The molecule has 1 heteroatoms. The van der Waals surface area contributed by atoms with Gasteiger partial charge in [0.1, 0.15) is 0 Å². The molecular formula is C25H30O. The van der Waals surface area contributed by atoms with Crippen molar-refractivity contribution in [1.29, 1.82) is 0 Å². The van der Waals surface area contributed by atoms with Crippen LogP contribution in [0.2, 0.25) is 0 Å². The van der Waals surface area contributed by atoms with E-state index in [4.69, 9.17) is 0 Å². The highest BCUT2D eigenvalue weighted by molar-refractivity contribution is 5.91. The van der Waals surface area contributed by atoms with Crippen LogP contribution in [0.3, 0.4) is 0 Å². The molecule has 5 rings (SSSR count). The Morgan fingerprint density at radius 3 is 2.54 bits per heavy atom. The summed E-state index contributed by atoms with van der Waals surface area (Å²) in [5.41, 5.74) is 5.14. The molecular weight excluding hydrogens is 316 g/mol. The minimum atomic E-state index is 0.285. The average molecular weight is 347 g/mol. The molecule has 0 spiro atoms. The lowest BCUT2D eigenvalue weighted by atomic mass is 9.46. The maximum absolute atomic E-state index is 12.0. The number of fused-ring (bicyclic) bond motifs is 5. The minimum absolute atomic E-state index is 0.285. The van der Waals surface area contributed by atoms with Crippen molar-refractivity contribution in [3.63, 3.8) is 0 Å². The lowest BCUT2D eigenvalue weighted by Crippen LogP contribution is -2.49. The summed E-state index contributed by atoms with van der Waals surface area (Å²) in [6.07, 6.45) is 12.7. The number of hydrogen-bond donors (Lipinski definition) is 0. The van der Waals surface area contributed by atoms with Crippen molar-refractivity contribution >= 4 is 11.4 Å². The molecule has 3 unspecified atom stereocenters. The molecule has 0 aliphatic heterocycles. The third kappa shape index (κ3) is 2.19.